The number of hydrogen-bond acceptors (Lipinski definition) is 6. The van der Waals surface area contributed by atoms with Gasteiger partial charge in [0.05, 0.1) is 12.5 Å². The van der Waals surface area contributed by atoms with Gasteiger partial charge in [0.2, 0.25) is 11.2 Å². The fraction of sp³-hybridized carbons (Fsp3) is 0.238. The van der Waals surface area contributed by atoms with Crippen LogP contribution >= 0.6 is 0 Å². The highest BCUT2D eigenvalue weighted by atomic mass is 16.6. The Morgan fingerprint density at radius 1 is 1.04 bits per heavy atom. The Morgan fingerprint density at radius 2 is 1.79 bits per heavy atom. The molecular weight excluding hydrogens is 362 g/mol. The lowest BCUT2D eigenvalue weighted by Gasteiger charge is -2.17. The Labute approximate surface area is 162 Å². The van der Waals surface area contributed by atoms with Gasteiger partial charge < -0.3 is 23.5 Å². The molecular formula is C21H21NO6. The van der Waals surface area contributed by atoms with E-state index in [1.165, 1.54) is 12.3 Å². The number of amides is 1. The summed E-state index contributed by atoms with van der Waals surface area (Å²) >= 11 is 0. The number of benzene rings is 2. The van der Waals surface area contributed by atoms with E-state index in [2.05, 4.69) is 0 Å². The lowest BCUT2D eigenvalue weighted by molar-refractivity contribution is 0.157. The van der Waals surface area contributed by atoms with E-state index in [1.807, 2.05) is 13.8 Å². The number of nitrogens with zero attached hydrogens (tertiary/aromatic N) is 1. The number of ether oxygens (including phenoxy) is 3. The molecule has 1 aromatic heterocycles. The Kier molecular flexibility index (Phi) is 5.84. The van der Waals surface area contributed by atoms with Crippen molar-refractivity contribution in [2.45, 2.75) is 13.8 Å². The normalized spacial score (nSPS) is 10.5. The molecule has 0 saturated carbocycles. The molecule has 0 aliphatic carbocycles. The van der Waals surface area contributed by atoms with Crippen molar-refractivity contribution in [1.29, 1.82) is 0 Å². The van der Waals surface area contributed by atoms with Gasteiger partial charge in [0.25, 0.3) is 0 Å². The predicted molar refractivity (Wildman–Crippen MR) is 104 cm³/mol. The van der Waals surface area contributed by atoms with E-state index in [1.54, 1.807) is 48.4 Å². The van der Waals surface area contributed by atoms with Gasteiger partial charge in [-0.05, 0) is 38.1 Å². The van der Waals surface area contributed by atoms with E-state index in [4.69, 9.17) is 18.6 Å². The van der Waals surface area contributed by atoms with Crippen LogP contribution < -0.4 is 19.6 Å². The second-order valence-electron chi connectivity index (χ2n) is 5.91. The second kappa shape index (κ2) is 8.47. The zero-order chi connectivity index (χ0) is 20.1. The van der Waals surface area contributed by atoms with Crippen molar-refractivity contribution < 1.29 is 23.4 Å². The monoisotopic (exact) mass is 383 g/mol. The molecule has 1 heterocycles. The molecule has 0 unspecified atom stereocenters. The van der Waals surface area contributed by atoms with Gasteiger partial charge >= 0.3 is 6.09 Å². The Hall–Kier alpha value is -3.48. The topological polar surface area (TPSA) is 78.2 Å². The van der Waals surface area contributed by atoms with E-state index in [0.717, 1.165) is 0 Å². The first-order valence-electron chi connectivity index (χ1n) is 8.90. The van der Waals surface area contributed by atoms with Crippen molar-refractivity contribution >= 4 is 17.1 Å². The van der Waals surface area contributed by atoms with Crippen molar-refractivity contribution in [3.05, 3.63) is 59.0 Å². The second-order valence-corrected chi connectivity index (χ2v) is 5.91. The summed E-state index contributed by atoms with van der Waals surface area (Å²) in [6, 6.07) is 11.5. The fourth-order valence-electron chi connectivity index (χ4n) is 2.66. The van der Waals surface area contributed by atoms with Crippen LogP contribution in [0.1, 0.15) is 13.8 Å². The highest BCUT2D eigenvalue weighted by molar-refractivity contribution is 5.80. The fourth-order valence-corrected chi connectivity index (χ4v) is 2.66. The van der Waals surface area contributed by atoms with Gasteiger partial charge in [-0.25, -0.2) is 4.79 Å². The van der Waals surface area contributed by atoms with Crippen molar-refractivity contribution in [2.24, 2.45) is 0 Å². The summed E-state index contributed by atoms with van der Waals surface area (Å²) in [5.74, 6) is 1.42. The average Bonchev–Trinajstić information content (AvgIpc) is 2.71. The molecule has 28 heavy (non-hydrogen) atoms. The van der Waals surface area contributed by atoms with Crippen LogP contribution in [0.4, 0.5) is 4.79 Å². The summed E-state index contributed by atoms with van der Waals surface area (Å²) in [5, 5.41) is 0.322. The molecule has 0 fully saturated rings. The Morgan fingerprint density at radius 3 is 2.50 bits per heavy atom. The first-order chi connectivity index (χ1) is 13.5. The van der Waals surface area contributed by atoms with Crippen LogP contribution in [-0.4, -0.2) is 31.2 Å². The lowest BCUT2D eigenvalue weighted by atomic mass is 10.2. The minimum Gasteiger partial charge on any atom is -0.497 e. The zero-order valence-corrected chi connectivity index (χ0v) is 15.9. The van der Waals surface area contributed by atoms with Gasteiger partial charge in [0, 0.05) is 25.2 Å². The minimum absolute atomic E-state index is 0.0497. The molecule has 0 bridgehead atoms. The molecule has 0 radical (unpaired) electrons. The van der Waals surface area contributed by atoms with Crippen LogP contribution in [0.3, 0.4) is 0 Å². The Balaban J connectivity index is 1.86. The maximum absolute atomic E-state index is 12.7. The summed E-state index contributed by atoms with van der Waals surface area (Å²) < 4.78 is 21.6. The van der Waals surface area contributed by atoms with E-state index in [0.29, 0.717) is 41.3 Å². The molecule has 7 nitrogen and oxygen atoms in total. The van der Waals surface area contributed by atoms with Crippen LogP contribution in [0.2, 0.25) is 0 Å². The maximum Gasteiger partial charge on any atom is 0.415 e. The molecule has 0 aliphatic rings. The van der Waals surface area contributed by atoms with Gasteiger partial charge in [0.1, 0.15) is 29.1 Å². The van der Waals surface area contributed by atoms with Crippen molar-refractivity contribution in [3.8, 4) is 23.0 Å². The smallest absolute Gasteiger partial charge is 0.415 e. The van der Waals surface area contributed by atoms with Crippen molar-refractivity contribution in [1.82, 2.24) is 4.90 Å². The Bertz CT molecular complexity index is 1040. The van der Waals surface area contributed by atoms with Gasteiger partial charge in [-0.3, -0.25) is 4.79 Å². The number of methoxy groups -OCH3 is 1. The molecule has 3 aromatic rings. The molecule has 0 spiro atoms. The SMILES string of the molecule is CCN(CC)C(=O)Oc1ccc2c(=O)c(Oc3cccc(OC)c3)coc2c1. The molecule has 0 N–H and O–H groups in total. The van der Waals surface area contributed by atoms with E-state index >= 15 is 0 Å². The number of fused-ring (bicyclic) bond motifs is 1. The molecule has 146 valence electrons. The highest BCUT2D eigenvalue weighted by Gasteiger charge is 2.14. The van der Waals surface area contributed by atoms with E-state index in [9.17, 15) is 9.59 Å². The van der Waals surface area contributed by atoms with Crippen molar-refractivity contribution in [3.63, 3.8) is 0 Å². The first-order valence-corrected chi connectivity index (χ1v) is 8.90. The summed E-state index contributed by atoms with van der Waals surface area (Å²) in [6.07, 6.45) is 0.782. The molecule has 0 aliphatic heterocycles. The number of carbonyl (C=O) groups excluding carboxylic acids is 1. The molecule has 3 rings (SSSR count). The largest absolute Gasteiger partial charge is 0.497 e. The van der Waals surface area contributed by atoms with E-state index < -0.39 is 6.09 Å². The van der Waals surface area contributed by atoms with Crippen LogP contribution in [0.15, 0.2) is 57.9 Å². The minimum atomic E-state index is -0.454. The van der Waals surface area contributed by atoms with Crippen LogP contribution in [0.25, 0.3) is 11.0 Å². The molecule has 7 heteroatoms. The van der Waals surface area contributed by atoms with E-state index in [-0.39, 0.29) is 11.2 Å². The summed E-state index contributed by atoms with van der Waals surface area (Å²) in [5.41, 5.74) is -0.0291. The number of carbonyl (C=O) groups is 1. The average molecular weight is 383 g/mol. The highest BCUT2D eigenvalue weighted by Crippen LogP contribution is 2.26. The van der Waals surface area contributed by atoms with Crippen LogP contribution in [-0.2, 0) is 0 Å². The summed E-state index contributed by atoms with van der Waals surface area (Å²) in [6.45, 7) is 4.83. The lowest BCUT2D eigenvalue weighted by Crippen LogP contribution is -2.33. The standard InChI is InChI=1S/C21H21NO6/c1-4-22(5-2)21(24)28-16-9-10-17-18(12-16)26-13-19(20(17)23)27-15-8-6-7-14(11-15)25-3/h6-13H,4-5H2,1-3H3. The van der Waals surface area contributed by atoms with Crippen LogP contribution in [0, 0.1) is 0 Å². The third-order valence-corrected chi connectivity index (χ3v) is 4.21. The van der Waals surface area contributed by atoms with Crippen molar-refractivity contribution in [2.75, 3.05) is 20.2 Å². The molecule has 1 amide bonds. The molecule has 2 aromatic carbocycles. The predicted octanol–water partition coefficient (Wildman–Crippen LogP) is 4.43. The third kappa shape index (κ3) is 4.09. The molecule has 0 saturated heterocycles. The van der Waals surface area contributed by atoms with Gasteiger partial charge in [-0.1, -0.05) is 6.07 Å². The van der Waals surface area contributed by atoms with Gasteiger partial charge in [-0.15, -0.1) is 0 Å². The summed E-state index contributed by atoms with van der Waals surface area (Å²) in [4.78, 5) is 26.3. The third-order valence-electron chi connectivity index (χ3n) is 4.21. The quantitative estimate of drug-likeness (QED) is 0.626. The van der Waals surface area contributed by atoms with Gasteiger partial charge in [-0.2, -0.15) is 0 Å². The number of hydrogen-bond donors (Lipinski definition) is 0. The summed E-state index contributed by atoms with van der Waals surface area (Å²) in [7, 11) is 1.55. The van der Waals surface area contributed by atoms with Crippen LogP contribution in [0.5, 0.6) is 23.0 Å². The molecule has 0 atom stereocenters. The maximum atomic E-state index is 12.7. The van der Waals surface area contributed by atoms with Gasteiger partial charge in [0.15, 0.2) is 0 Å². The zero-order valence-electron chi connectivity index (χ0n) is 15.9. The first kappa shape index (κ1) is 19.3. The number of rotatable bonds is 6.